The zero-order valence-electron chi connectivity index (χ0n) is 11.5. The molecule has 0 unspecified atom stereocenters. The monoisotopic (exact) mass is 297 g/mol. The number of H-pyrrole nitrogens is 2. The van der Waals surface area contributed by atoms with Crippen molar-refractivity contribution in [2.75, 3.05) is 11.9 Å². The van der Waals surface area contributed by atoms with Gasteiger partial charge in [0.25, 0.3) is 0 Å². The zero-order valence-corrected chi connectivity index (χ0v) is 11.5. The second-order valence-corrected chi connectivity index (χ2v) is 4.85. The molecular weight excluding hydrogens is 285 g/mol. The molecule has 0 aliphatic rings. The van der Waals surface area contributed by atoms with Crippen LogP contribution in [0.25, 0.3) is 22.2 Å². The average Bonchev–Trinajstić information content (AvgIpc) is 3.13. The van der Waals surface area contributed by atoms with Gasteiger partial charge in [-0.1, -0.05) is 0 Å². The fraction of sp³-hybridized carbons (Fsp3) is 0.143. The standard InChI is InChI=1S/C14H12FN7/c15-8-1-2-9-10(5-8)22-11(21-9)3-4-16-13-12-14(18-6-17-12)20-7-19-13/h1-2,5-7H,3-4H2,(H,21,22)(H2,16,17,18,19,20). The van der Waals surface area contributed by atoms with Crippen molar-refractivity contribution in [2.45, 2.75) is 6.42 Å². The van der Waals surface area contributed by atoms with Crippen molar-refractivity contribution in [3.05, 3.63) is 42.5 Å². The molecule has 0 spiro atoms. The molecule has 0 fully saturated rings. The summed E-state index contributed by atoms with van der Waals surface area (Å²) < 4.78 is 13.2. The summed E-state index contributed by atoms with van der Waals surface area (Å²) in [7, 11) is 0. The van der Waals surface area contributed by atoms with E-state index in [0.717, 1.165) is 16.9 Å². The molecule has 0 amide bonds. The van der Waals surface area contributed by atoms with Crippen LogP contribution >= 0.6 is 0 Å². The van der Waals surface area contributed by atoms with E-state index in [1.165, 1.54) is 18.5 Å². The highest BCUT2D eigenvalue weighted by atomic mass is 19.1. The van der Waals surface area contributed by atoms with Crippen LogP contribution < -0.4 is 5.32 Å². The minimum atomic E-state index is -0.275. The molecule has 7 nitrogen and oxygen atoms in total. The number of aromatic amines is 2. The summed E-state index contributed by atoms with van der Waals surface area (Å²) in [5.74, 6) is 1.22. The maximum Gasteiger partial charge on any atom is 0.182 e. The van der Waals surface area contributed by atoms with Gasteiger partial charge in [0, 0.05) is 13.0 Å². The van der Waals surface area contributed by atoms with Crippen LogP contribution in [0.4, 0.5) is 10.2 Å². The quantitative estimate of drug-likeness (QED) is 0.535. The number of benzene rings is 1. The fourth-order valence-electron chi connectivity index (χ4n) is 2.35. The molecule has 0 radical (unpaired) electrons. The molecule has 3 aromatic heterocycles. The highest BCUT2D eigenvalue weighted by Crippen LogP contribution is 2.15. The number of nitrogens with zero attached hydrogens (tertiary/aromatic N) is 4. The molecule has 3 N–H and O–H groups in total. The van der Waals surface area contributed by atoms with Crippen molar-refractivity contribution in [3.63, 3.8) is 0 Å². The Morgan fingerprint density at radius 3 is 3.09 bits per heavy atom. The van der Waals surface area contributed by atoms with Crippen molar-refractivity contribution in [2.24, 2.45) is 0 Å². The zero-order chi connectivity index (χ0) is 14.9. The topological polar surface area (TPSA) is 95.2 Å². The summed E-state index contributed by atoms with van der Waals surface area (Å²) in [6.45, 7) is 0.632. The number of anilines is 1. The SMILES string of the molecule is Fc1ccc2nc(CCNc3ncnc4nc[nH]c34)[nH]c2c1. The van der Waals surface area contributed by atoms with Crippen molar-refractivity contribution in [3.8, 4) is 0 Å². The van der Waals surface area contributed by atoms with E-state index in [1.807, 2.05) is 0 Å². The second-order valence-electron chi connectivity index (χ2n) is 4.85. The lowest BCUT2D eigenvalue weighted by atomic mass is 10.3. The maximum atomic E-state index is 13.2. The molecule has 3 heterocycles. The predicted molar refractivity (Wildman–Crippen MR) is 79.9 cm³/mol. The van der Waals surface area contributed by atoms with Gasteiger partial charge >= 0.3 is 0 Å². The van der Waals surface area contributed by atoms with Crippen LogP contribution in [0.3, 0.4) is 0 Å². The predicted octanol–water partition coefficient (Wildman–Crippen LogP) is 2.02. The molecule has 4 rings (SSSR count). The fourth-order valence-corrected chi connectivity index (χ4v) is 2.35. The van der Waals surface area contributed by atoms with Crippen molar-refractivity contribution < 1.29 is 4.39 Å². The molecule has 4 aromatic rings. The molecular formula is C14H12FN7. The Kier molecular flexibility index (Phi) is 2.92. The Bertz CT molecular complexity index is 943. The van der Waals surface area contributed by atoms with E-state index in [-0.39, 0.29) is 5.82 Å². The summed E-state index contributed by atoms with van der Waals surface area (Å²) in [4.78, 5) is 22.9. The Morgan fingerprint density at radius 2 is 2.14 bits per heavy atom. The van der Waals surface area contributed by atoms with E-state index in [2.05, 4.69) is 35.2 Å². The molecule has 1 aromatic carbocycles. The third-order valence-electron chi connectivity index (χ3n) is 3.37. The van der Waals surface area contributed by atoms with Crippen LogP contribution in [0.1, 0.15) is 5.82 Å². The van der Waals surface area contributed by atoms with E-state index < -0.39 is 0 Å². The smallest absolute Gasteiger partial charge is 0.182 e. The number of rotatable bonds is 4. The largest absolute Gasteiger partial charge is 0.368 e. The van der Waals surface area contributed by atoms with E-state index in [0.29, 0.717) is 29.9 Å². The van der Waals surface area contributed by atoms with Gasteiger partial charge in [0.1, 0.15) is 23.5 Å². The first-order valence-corrected chi connectivity index (χ1v) is 6.82. The van der Waals surface area contributed by atoms with Gasteiger partial charge in [-0.3, -0.25) is 0 Å². The van der Waals surface area contributed by atoms with E-state index >= 15 is 0 Å². The Hall–Kier alpha value is -3.03. The third kappa shape index (κ3) is 2.24. The number of halogens is 1. The van der Waals surface area contributed by atoms with Crippen LogP contribution in [0.2, 0.25) is 0 Å². The molecule has 0 saturated carbocycles. The van der Waals surface area contributed by atoms with E-state index in [1.54, 1.807) is 12.4 Å². The van der Waals surface area contributed by atoms with Gasteiger partial charge in [-0.2, -0.15) is 0 Å². The van der Waals surface area contributed by atoms with E-state index in [4.69, 9.17) is 0 Å². The average molecular weight is 297 g/mol. The Labute approximate surface area is 124 Å². The van der Waals surface area contributed by atoms with Crippen molar-refractivity contribution >= 4 is 28.0 Å². The molecule has 0 saturated heterocycles. The number of aromatic nitrogens is 6. The van der Waals surface area contributed by atoms with Crippen LogP contribution in [0.5, 0.6) is 0 Å². The maximum absolute atomic E-state index is 13.2. The number of hydrogen-bond acceptors (Lipinski definition) is 5. The van der Waals surface area contributed by atoms with Crippen molar-refractivity contribution in [1.82, 2.24) is 29.9 Å². The number of nitrogens with one attached hydrogen (secondary N) is 3. The summed E-state index contributed by atoms with van der Waals surface area (Å²) in [5.41, 5.74) is 2.85. The minimum Gasteiger partial charge on any atom is -0.368 e. The summed E-state index contributed by atoms with van der Waals surface area (Å²) in [6, 6.07) is 4.51. The number of hydrogen-bond donors (Lipinski definition) is 3. The normalized spacial score (nSPS) is 11.3. The van der Waals surface area contributed by atoms with Gasteiger partial charge in [-0.15, -0.1) is 0 Å². The highest BCUT2D eigenvalue weighted by molar-refractivity contribution is 5.81. The van der Waals surface area contributed by atoms with Crippen molar-refractivity contribution in [1.29, 1.82) is 0 Å². The summed E-state index contributed by atoms with van der Waals surface area (Å²) in [6.07, 6.45) is 3.71. The number of imidazole rings is 2. The lowest BCUT2D eigenvalue weighted by Crippen LogP contribution is -2.08. The summed E-state index contributed by atoms with van der Waals surface area (Å²) in [5, 5.41) is 3.22. The van der Waals surface area contributed by atoms with Gasteiger partial charge < -0.3 is 15.3 Å². The van der Waals surface area contributed by atoms with Crippen LogP contribution in [0, 0.1) is 5.82 Å². The van der Waals surface area contributed by atoms with Crippen LogP contribution in [0.15, 0.2) is 30.9 Å². The first-order chi connectivity index (χ1) is 10.8. The first kappa shape index (κ1) is 12.7. The minimum absolute atomic E-state index is 0.275. The van der Waals surface area contributed by atoms with Crippen LogP contribution in [-0.4, -0.2) is 36.4 Å². The van der Waals surface area contributed by atoms with Gasteiger partial charge in [0.2, 0.25) is 0 Å². The molecule has 22 heavy (non-hydrogen) atoms. The molecule has 8 heteroatoms. The Morgan fingerprint density at radius 1 is 1.18 bits per heavy atom. The third-order valence-corrected chi connectivity index (χ3v) is 3.37. The van der Waals surface area contributed by atoms with E-state index in [9.17, 15) is 4.39 Å². The second kappa shape index (κ2) is 5.06. The molecule has 110 valence electrons. The van der Waals surface area contributed by atoms with Gasteiger partial charge in [0.15, 0.2) is 11.5 Å². The van der Waals surface area contributed by atoms with Crippen LogP contribution in [-0.2, 0) is 6.42 Å². The summed E-state index contributed by atoms with van der Waals surface area (Å²) >= 11 is 0. The first-order valence-electron chi connectivity index (χ1n) is 6.82. The lowest BCUT2D eigenvalue weighted by molar-refractivity contribution is 0.629. The molecule has 0 aliphatic carbocycles. The molecule has 0 bridgehead atoms. The van der Waals surface area contributed by atoms with Gasteiger partial charge in [-0.25, -0.2) is 24.3 Å². The van der Waals surface area contributed by atoms with Gasteiger partial charge in [-0.05, 0) is 18.2 Å². The number of fused-ring (bicyclic) bond motifs is 2. The lowest BCUT2D eigenvalue weighted by Gasteiger charge is -2.04. The Balaban J connectivity index is 1.49. The molecule has 0 atom stereocenters. The van der Waals surface area contributed by atoms with Gasteiger partial charge in [0.05, 0.1) is 17.4 Å². The highest BCUT2D eigenvalue weighted by Gasteiger charge is 2.07. The molecule has 0 aliphatic heterocycles.